The van der Waals surface area contributed by atoms with E-state index in [0.29, 0.717) is 5.56 Å². The first-order valence-electron chi connectivity index (χ1n) is 3.59. The Morgan fingerprint density at radius 3 is 2.83 bits per heavy atom. The zero-order valence-electron chi connectivity index (χ0n) is 6.67. The van der Waals surface area contributed by atoms with E-state index in [-0.39, 0.29) is 0 Å². The average molecular weight is 276 g/mol. The number of nitrogens with zero attached hydrogens (tertiary/aromatic N) is 1. The van der Waals surface area contributed by atoms with Crippen LogP contribution < -0.4 is 5.73 Å². The van der Waals surface area contributed by atoms with Gasteiger partial charge in [0.2, 0.25) is 5.91 Å². The third kappa shape index (κ3) is 2.17. The second kappa shape index (κ2) is 3.84. The molecule has 0 radical (unpaired) electrons. The third-order valence-electron chi connectivity index (χ3n) is 1.49. The maximum atomic E-state index is 10.8. The zero-order valence-corrected chi connectivity index (χ0v) is 8.83. The minimum atomic E-state index is -0.398. The number of hydrogen-bond donors (Lipinski definition) is 1. The Hall–Kier alpha value is -0.650. The molecule has 0 spiro atoms. The van der Waals surface area contributed by atoms with Crippen LogP contribution in [0.2, 0.25) is 0 Å². The summed E-state index contributed by atoms with van der Waals surface area (Å²) in [6.45, 7) is 1.99. The Labute approximate surface area is 84.5 Å². The summed E-state index contributed by atoms with van der Waals surface area (Å²) in [6.07, 6.45) is 0.817. The van der Waals surface area contributed by atoms with Gasteiger partial charge in [0, 0.05) is 11.3 Å². The van der Waals surface area contributed by atoms with Gasteiger partial charge in [-0.1, -0.05) is 6.92 Å². The Kier molecular flexibility index (Phi) is 3.02. The van der Waals surface area contributed by atoms with E-state index in [1.54, 1.807) is 12.1 Å². The van der Waals surface area contributed by atoms with Crippen molar-refractivity contribution in [2.45, 2.75) is 13.3 Å². The van der Waals surface area contributed by atoms with Crippen molar-refractivity contribution in [3.05, 3.63) is 27.1 Å². The van der Waals surface area contributed by atoms with Crippen LogP contribution in [0.15, 0.2) is 12.1 Å². The maximum Gasteiger partial charge on any atom is 0.248 e. The van der Waals surface area contributed by atoms with Crippen molar-refractivity contribution in [2.75, 3.05) is 0 Å². The van der Waals surface area contributed by atoms with Gasteiger partial charge in [-0.25, -0.2) is 4.98 Å². The third-order valence-corrected chi connectivity index (χ3v) is 2.05. The van der Waals surface area contributed by atoms with Crippen molar-refractivity contribution in [1.82, 2.24) is 4.98 Å². The van der Waals surface area contributed by atoms with Gasteiger partial charge in [-0.3, -0.25) is 4.79 Å². The fourth-order valence-corrected chi connectivity index (χ4v) is 1.52. The number of hydrogen-bond acceptors (Lipinski definition) is 2. The fraction of sp³-hybridized carbons (Fsp3) is 0.250. The van der Waals surface area contributed by atoms with Crippen LogP contribution in [-0.4, -0.2) is 10.9 Å². The molecule has 1 heterocycles. The number of aromatic nitrogens is 1. The van der Waals surface area contributed by atoms with Crippen LogP contribution in [-0.2, 0) is 6.42 Å². The topological polar surface area (TPSA) is 56.0 Å². The molecule has 1 rings (SSSR count). The molecule has 3 nitrogen and oxygen atoms in total. The average Bonchev–Trinajstić information content (AvgIpc) is 2.03. The number of aryl methyl sites for hydroxylation is 1. The number of carbonyl (C=O) groups is 1. The van der Waals surface area contributed by atoms with Crippen LogP contribution in [0.1, 0.15) is 23.0 Å². The minimum absolute atomic E-state index is 0.398. The van der Waals surface area contributed by atoms with E-state index in [2.05, 4.69) is 27.6 Å². The molecule has 12 heavy (non-hydrogen) atoms. The number of amides is 1. The molecule has 1 aromatic heterocycles. The minimum Gasteiger partial charge on any atom is -0.366 e. The van der Waals surface area contributed by atoms with E-state index in [0.717, 1.165) is 15.8 Å². The number of rotatable bonds is 2. The standard InChI is InChI=1S/C8H9IN2O/c1-2-6-3-5(8(10)12)4-7(9)11-6/h3-4H,2H2,1H3,(H2,10,12). The summed E-state index contributed by atoms with van der Waals surface area (Å²) in [7, 11) is 0. The van der Waals surface area contributed by atoms with Crippen LogP contribution in [0.4, 0.5) is 0 Å². The van der Waals surface area contributed by atoms with Crippen LogP contribution >= 0.6 is 22.6 Å². The zero-order chi connectivity index (χ0) is 9.14. The fourth-order valence-electron chi connectivity index (χ4n) is 0.875. The smallest absolute Gasteiger partial charge is 0.248 e. The summed E-state index contributed by atoms with van der Waals surface area (Å²) in [5, 5.41) is 0. The van der Waals surface area contributed by atoms with Gasteiger partial charge in [-0.2, -0.15) is 0 Å². The molecule has 2 N–H and O–H groups in total. The first-order valence-corrected chi connectivity index (χ1v) is 4.67. The van der Waals surface area contributed by atoms with Crippen LogP contribution in [0.5, 0.6) is 0 Å². The Morgan fingerprint density at radius 1 is 1.67 bits per heavy atom. The molecule has 0 saturated carbocycles. The molecule has 0 aliphatic heterocycles. The van der Waals surface area contributed by atoms with Gasteiger partial charge in [-0.05, 0) is 41.1 Å². The van der Waals surface area contributed by atoms with Gasteiger partial charge < -0.3 is 5.73 Å². The molecule has 1 amide bonds. The highest BCUT2D eigenvalue weighted by molar-refractivity contribution is 14.1. The lowest BCUT2D eigenvalue weighted by Crippen LogP contribution is -2.12. The van der Waals surface area contributed by atoms with E-state index in [1.807, 2.05) is 6.92 Å². The van der Waals surface area contributed by atoms with Crippen molar-refractivity contribution >= 4 is 28.5 Å². The summed E-state index contributed by atoms with van der Waals surface area (Å²) in [5.41, 5.74) is 6.57. The van der Waals surface area contributed by atoms with Crippen LogP contribution in [0, 0.1) is 3.70 Å². The molecule has 0 saturated heterocycles. The predicted molar refractivity (Wildman–Crippen MR) is 54.8 cm³/mol. The molecule has 0 unspecified atom stereocenters. The summed E-state index contributed by atoms with van der Waals surface area (Å²) in [6, 6.07) is 3.41. The highest BCUT2D eigenvalue weighted by Gasteiger charge is 2.03. The molecule has 0 aromatic carbocycles. The second-order valence-corrected chi connectivity index (χ2v) is 3.49. The normalized spacial score (nSPS) is 9.83. The van der Waals surface area contributed by atoms with Crippen molar-refractivity contribution in [3.8, 4) is 0 Å². The van der Waals surface area contributed by atoms with E-state index in [9.17, 15) is 4.79 Å². The van der Waals surface area contributed by atoms with Gasteiger partial charge in [0.05, 0.1) is 0 Å². The number of primary amides is 1. The van der Waals surface area contributed by atoms with Crippen molar-refractivity contribution in [2.24, 2.45) is 5.73 Å². The van der Waals surface area contributed by atoms with Gasteiger partial charge in [0.15, 0.2) is 0 Å². The molecule has 0 atom stereocenters. The lowest BCUT2D eigenvalue weighted by Gasteiger charge is -2.00. The molecule has 1 aromatic rings. The quantitative estimate of drug-likeness (QED) is 0.654. The predicted octanol–water partition coefficient (Wildman–Crippen LogP) is 1.35. The summed E-state index contributed by atoms with van der Waals surface area (Å²) in [5.74, 6) is -0.398. The largest absolute Gasteiger partial charge is 0.366 e. The van der Waals surface area contributed by atoms with E-state index < -0.39 is 5.91 Å². The SMILES string of the molecule is CCc1cc(C(N)=O)cc(I)n1. The summed E-state index contributed by atoms with van der Waals surface area (Å²) < 4.78 is 0.806. The summed E-state index contributed by atoms with van der Waals surface area (Å²) >= 11 is 2.07. The first kappa shape index (κ1) is 9.44. The highest BCUT2D eigenvalue weighted by Crippen LogP contribution is 2.08. The molecule has 64 valence electrons. The van der Waals surface area contributed by atoms with Crippen molar-refractivity contribution in [3.63, 3.8) is 0 Å². The Balaban J connectivity index is 3.15. The molecule has 0 fully saturated rings. The van der Waals surface area contributed by atoms with E-state index in [4.69, 9.17) is 5.73 Å². The Bertz CT molecular complexity index is 312. The van der Waals surface area contributed by atoms with Crippen LogP contribution in [0.3, 0.4) is 0 Å². The molecule has 0 aliphatic rings. The number of carbonyl (C=O) groups excluding carboxylic acids is 1. The van der Waals surface area contributed by atoms with Crippen molar-refractivity contribution in [1.29, 1.82) is 0 Å². The monoisotopic (exact) mass is 276 g/mol. The lowest BCUT2D eigenvalue weighted by atomic mass is 10.2. The van der Waals surface area contributed by atoms with Gasteiger partial charge >= 0.3 is 0 Å². The number of pyridine rings is 1. The molecule has 4 heteroatoms. The second-order valence-electron chi connectivity index (χ2n) is 2.39. The molecular formula is C8H9IN2O. The first-order chi connectivity index (χ1) is 5.63. The van der Waals surface area contributed by atoms with Gasteiger partial charge in [-0.15, -0.1) is 0 Å². The number of halogens is 1. The summed E-state index contributed by atoms with van der Waals surface area (Å²) in [4.78, 5) is 15.0. The molecule has 0 bridgehead atoms. The van der Waals surface area contributed by atoms with Crippen molar-refractivity contribution < 1.29 is 4.79 Å². The van der Waals surface area contributed by atoms with Gasteiger partial charge in [0.25, 0.3) is 0 Å². The molecule has 0 aliphatic carbocycles. The lowest BCUT2D eigenvalue weighted by molar-refractivity contribution is 0.1000. The highest BCUT2D eigenvalue weighted by atomic mass is 127. The Morgan fingerprint density at radius 2 is 2.33 bits per heavy atom. The van der Waals surface area contributed by atoms with Gasteiger partial charge in [0.1, 0.15) is 3.70 Å². The van der Waals surface area contributed by atoms with Crippen LogP contribution in [0.25, 0.3) is 0 Å². The number of nitrogens with two attached hydrogens (primary N) is 1. The molecular weight excluding hydrogens is 267 g/mol. The van der Waals surface area contributed by atoms with E-state index in [1.165, 1.54) is 0 Å². The van der Waals surface area contributed by atoms with E-state index >= 15 is 0 Å². The maximum absolute atomic E-state index is 10.8.